The van der Waals surface area contributed by atoms with E-state index in [1.165, 1.54) is 0 Å². The Balaban J connectivity index is 1.71. The minimum Gasteiger partial charge on any atom is -0.335 e. The van der Waals surface area contributed by atoms with Crippen molar-refractivity contribution in [3.8, 4) is 0 Å². The van der Waals surface area contributed by atoms with Gasteiger partial charge in [0.2, 0.25) is 0 Å². The Morgan fingerprint density at radius 1 is 1.32 bits per heavy atom. The van der Waals surface area contributed by atoms with Crippen molar-refractivity contribution in [3.05, 3.63) is 29.8 Å². The number of hydrogen-bond donors (Lipinski definition) is 3. The number of likely N-dealkylation sites (tertiary alicyclic amines) is 1. The first kappa shape index (κ1) is 14.2. The third kappa shape index (κ3) is 4.76. The van der Waals surface area contributed by atoms with Gasteiger partial charge in [-0.3, -0.25) is 0 Å². The molecule has 0 aromatic heterocycles. The molecule has 0 aliphatic carbocycles. The van der Waals surface area contributed by atoms with E-state index in [-0.39, 0.29) is 6.03 Å². The van der Waals surface area contributed by atoms with Gasteiger partial charge in [-0.15, -0.1) is 12.6 Å². The second kappa shape index (κ2) is 6.82. The Morgan fingerprint density at radius 2 is 1.95 bits per heavy atom. The molecule has 0 saturated carbocycles. The number of urea groups is 1. The van der Waals surface area contributed by atoms with Gasteiger partial charge in [-0.05, 0) is 50.7 Å². The van der Waals surface area contributed by atoms with Crippen LogP contribution in [0.3, 0.4) is 0 Å². The van der Waals surface area contributed by atoms with E-state index in [0.717, 1.165) is 36.4 Å². The molecule has 4 nitrogen and oxygen atoms in total. The standard InChI is InChI=1S/C14H21N3OS/c1-17-8-6-12(7-9-17)16-14(18)15-10-11-2-4-13(19)5-3-11/h2-5,12,19H,6-10H2,1H3,(H2,15,16,18). The summed E-state index contributed by atoms with van der Waals surface area (Å²) in [4.78, 5) is 15.0. The summed E-state index contributed by atoms with van der Waals surface area (Å²) >= 11 is 4.23. The molecule has 5 heteroatoms. The highest BCUT2D eigenvalue weighted by Crippen LogP contribution is 2.09. The fraction of sp³-hybridized carbons (Fsp3) is 0.500. The highest BCUT2D eigenvalue weighted by Gasteiger charge is 2.17. The zero-order valence-electron chi connectivity index (χ0n) is 11.2. The molecule has 1 aromatic rings. The quantitative estimate of drug-likeness (QED) is 0.740. The number of thiol groups is 1. The molecular weight excluding hydrogens is 258 g/mol. The first-order chi connectivity index (χ1) is 9.13. The van der Waals surface area contributed by atoms with E-state index in [1.807, 2.05) is 24.3 Å². The number of carbonyl (C=O) groups is 1. The largest absolute Gasteiger partial charge is 0.335 e. The highest BCUT2D eigenvalue weighted by atomic mass is 32.1. The second-order valence-corrected chi connectivity index (χ2v) is 5.59. The topological polar surface area (TPSA) is 44.4 Å². The van der Waals surface area contributed by atoms with Crippen LogP contribution >= 0.6 is 12.6 Å². The van der Waals surface area contributed by atoms with Crippen LogP contribution in [-0.4, -0.2) is 37.1 Å². The minimum atomic E-state index is -0.0792. The Bertz CT molecular complexity index is 413. The molecule has 1 aliphatic rings. The Kier molecular flexibility index (Phi) is 5.10. The van der Waals surface area contributed by atoms with Crippen molar-refractivity contribution in [1.29, 1.82) is 0 Å². The van der Waals surface area contributed by atoms with E-state index in [2.05, 4.69) is 35.2 Å². The average Bonchev–Trinajstić information content (AvgIpc) is 2.41. The van der Waals surface area contributed by atoms with Gasteiger partial charge in [-0.2, -0.15) is 0 Å². The van der Waals surface area contributed by atoms with E-state index in [1.54, 1.807) is 0 Å². The fourth-order valence-electron chi connectivity index (χ4n) is 2.19. The van der Waals surface area contributed by atoms with Crippen LogP contribution in [0.15, 0.2) is 29.2 Å². The monoisotopic (exact) mass is 279 g/mol. The average molecular weight is 279 g/mol. The van der Waals surface area contributed by atoms with Crippen LogP contribution in [0.4, 0.5) is 4.79 Å². The molecular formula is C14H21N3OS. The molecule has 0 bridgehead atoms. The number of piperidine rings is 1. The van der Waals surface area contributed by atoms with Gasteiger partial charge in [0.25, 0.3) is 0 Å². The SMILES string of the molecule is CN1CCC(NC(=O)NCc2ccc(S)cc2)CC1. The number of benzene rings is 1. The van der Waals surface area contributed by atoms with Crippen molar-refractivity contribution < 1.29 is 4.79 Å². The Labute approximate surface area is 120 Å². The molecule has 1 aliphatic heterocycles. The molecule has 0 atom stereocenters. The molecule has 1 aromatic carbocycles. The first-order valence-corrected chi connectivity index (χ1v) is 7.09. The number of amides is 2. The molecule has 104 valence electrons. The van der Waals surface area contributed by atoms with Crippen molar-refractivity contribution in [2.24, 2.45) is 0 Å². The van der Waals surface area contributed by atoms with E-state index in [4.69, 9.17) is 0 Å². The summed E-state index contributed by atoms with van der Waals surface area (Å²) in [6, 6.07) is 8.01. The Morgan fingerprint density at radius 3 is 2.58 bits per heavy atom. The number of nitrogens with zero attached hydrogens (tertiary/aromatic N) is 1. The molecule has 2 amide bonds. The number of nitrogens with one attached hydrogen (secondary N) is 2. The number of hydrogen-bond acceptors (Lipinski definition) is 3. The Hall–Kier alpha value is -1.20. The van der Waals surface area contributed by atoms with Crippen LogP contribution in [0.1, 0.15) is 18.4 Å². The van der Waals surface area contributed by atoms with Gasteiger partial charge >= 0.3 is 6.03 Å². The van der Waals surface area contributed by atoms with Crippen molar-refractivity contribution in [2.45, 2.75) is 30.3 Å². The maximum absolute atomic E-state index is 11.8. The summed E-state index contributed by atoms with van der Waals surface area (Å²) in [5.41, 5.74) is 1.08. The fourth-order valence-corrected chi connectivity index (χ4v) is 2.33. The van der Waals surface area contributed by atoms with E-state index in [0.29, 0.717) is 12.6 Å². The van der Waals surface area contributed by atoms with Gasteiger partial charge in [0.15, 0.2) is 0 Å². The van der Waals surface area contributed by atoms with Crippen LogP contribution in [-0.2, 0) is 6.54 Å². The smallest absolute Gasteiger partial charge is 0.315 e. The minimum absolute atomic E-state index is 0.0792. The molecule has 0 spiro atoms. The van der Waals surface area contributed by atoms with Crippen LogP contribution in [0, 0.1) is 0 Å². The maximum atomic E-state index is 11.8. The lowest BCUT2D eigenvalue weighted by Gasteiger charge is -2.29. The maximum Gasteiger partial charge on any atom is 0.315 e. The van der Waals surface area contributed by atoms with Gasteiger partial charge in [-0.25, -0.2) is 4.79 Å². The number of rotatable bonds is 3. The summed E-state index contributed by atoms with van der Waals surface area (Å²) in [6.45, 7) is 2.65. The van der Waals surface area contributed by atoms with E-state index in [9.17, 15) is 4.79 Å². The zero-order chi connectivity index (χ0) is 13.7. The van der Waals surface area contributed by atoms with E-state index < -0.39 is 0 Å². The van der Waals surface area contributed by atoms with Crippen molar-refractivity contribution in [1.82, 2.24) is 15.5 Å². The summed E-state index contributed by atoms with van der Waals surface area (Å²) in [6.07, 6.45) is 2.05. The molecule has 0 radical (unpaired) electrons. The lowest BCUT2D eigenvalue weighted by atomic mass is 10.1. The summed E-state index contributed by atoms with van der Waals surface area (Å²) in [5.74, 6) is 0. The predicted molar refractivity (Wildman–Crippen MR) is 79.6 cm³/mol. The van der Waals surface area contributed by atoms with Crippen molar-refractivity contribution in [3.63, 3.8) is 0 Å². The van der Waals surface area contributed by atoms with Gasteiger partial charge in [0.1, 0.15) is 0 Å². The van der Waals surface area contributed by atoms with Crippen molar-refractivity contribution >= 4 is 18.7 Å². The molecule has 19 heavy (non-hydrogen) atoms. The number of carbonyl (C=O) groups excluding carboxylic acids is 1. The lowest BCUT2D eigenvalue weighted by molar-refractivity contribution is 0.213. The van der Waals surface area contributed by atoms with Gasteiger partial charge < -0.3 is 15.5 Å². The normalized spacial score (nSPS) is 17.2. The lowest BCUT2D eigenvalue weighted by Crippen LogP contribution is -2.46. The van der Waals surface area contributed by atoms with Gasteiger partial charge in [0.05, 0.1) is 0 Å². The molecule has 1 fully saturated rings. The predicted octanol–water partition coefficient (Wildman–Crippen LogP) is 1.87. The third-order valence-electron chi connectivity index (χ3n) is 3.44. The van der Waals surface area contributed by atoms with E-state index >= 15 is 0 Å². The van der Waals surface area contributed by atoms with Crippen molar-refractivity contribution in [2.75, 3.05) is 20.1 Å². The molecule has 1 heterocycles. The summed E-state index contributed by atoms with van der Waals surface area (Å²) in [7, 11) is 2.11. The summed E-state index contributed by atoms with van der Waals surface area (Å²) in [5, 5.41) is 5.92. The van der Waals surface area contributed by atoms with Gasteiger partial charge in [-0.1, -0.05) is 12.1 Å². The van der Waals surface area contributed by atoms with Crippen LogP contribution in [0.2, 0.25) is 0 Å². The summed E-state index contributed by atoms with van der Waals surface area (Å²) < 4.78 is 0. The molecule has 0 unspecified atom stereocenters. The zero-order valence-corrected chi connectivity index (χ0v) is 12.1. The molecule has 2 N–H and O–H groups in total. The van der Waals surface area contributed by atoms with Crippen LogP contribution < -0.4 is 10.6 Å². The second-order valence-electron chi connectivity index (χ2n) is 5.07. The molecule has 1 saturated heterocycles. The van der Waals surface area contributed by atoms with Gasteiger partial charge in [0, 0.05) is 17.5 Å². The van der Waals surface area contributed by atoms with Crippen LogP contribution in [0.5, 0.6) is 0 Å². The van der Waals surface area contributed by atoms with Crippen LogP contribution in [0.25, 0.3) is 0 Å². The highest BCUT2D eigenvalue weighted by molar-refractivity contribution is 7.80. The molecule has 2 rings (SSSR count). The third-order valence-corrected chi connectivity index (χ3v) is 3.74. The first-order valence-electron chi connectivity index (χ1n) is 6.64.